The minimum Gasteiger partial charge on any atom is -0.491 e. The van der Waals surface area contributed by atoms with Gasteiger partial charge in [-0.05, 0) is 56.7 Å². The maximum atomic E-state index is 12.2. The van der Waals surface area contributed by atoms with Gasteiger partial charge in [0.1, 0.15) is 5.75 Å². The zero-order valence-electron chi connectivity index (χ0n) is 13.0. The van der Waals surface area contributed by atoms with Crippen molar-refractivity contribution in [1.82, 2.24) is 5.32 Å². The van der Waals surface area contributed by atoms with Crippen LogP contribution < -0.4 is 10.1 Å². The van der Waals surface area contributed by atoms with Gasteiger partial charge in [0.25, 0.3) is 5.91 Å². The lowest BCUT2D eigenvalue weighted by molar-refractivity contribution is 0.0940. The molecule has 2 aromatic rings. The Kier molecular flexibility index (Phi) is 5.61. The van der Waals surface area contributed by atoms with Crippen LogP contribution in [0.2, 0.25) is 0 Å². The van der Waals surface area contributed by atoms with E-state index >= 15 is 0 Å². The van der Waals surface area contributed by atoms with E-state index in [-0.39, 0.29) is 18.1 Å². The fourth-order valence-electron chi connectivity index (χ4n) is 2.10. The monoisotopic (exact) mass is 361 g/mol. The molecular formula is C18H20BrNO2. The molecule has 0 saturated carbocycles. The van der Waals surface area contributed by atoms with Crippen molar-refractivity contribution in [1.29, 1.82) is 0 Å². The van der Waals surface area contributed by atoms with Crippen LogP contribution in [0, 0.1) is 0 Å². The molecular weight excluding hydrogens is 342 g/mol. The van der Waals surface area contributed by atoms with E-state index in [4.69, 9.17) is 4.74 Å². The van der Waals surface area contributed by atoms with Crippen LogP contribution in [0.25, 0.3) is 0 Å². The Morgan fingerprint density at radius 3 is 2.36 bits per heavy atom. The molecule has 0 heterocycles. The number of amides is 1. The normalized spacial score (nSPS) is 12.0. The Bertz CT molecular complexity index is 638. The molecule has 1 N–H and O–H groups in total. The molecule has 0 bridgehead atoms. The molecule has 116 valence electrons. The van der Waals surface area contributed by atoms with E-state index in [0.29, 0.717) is 5.56 Å². The topological polar surface area (TPSA) is 38.3 Å². The number of nitrogens with one attached hydrogen (secondary N) is 1. The largest absolute Gasteiger partial charge is 0.491 e. The molecule has 1 amide bonds. The molecule has 0 fully saturated rings. The van der Waals surface area contributed by atoms with Crippen LogP contribution in [0.1, 0.15) is 42.7 Å². The second-order valence-corrected chi connectivity index (χ2v) is 6.36. The number of rotatable bonds is 5. The summed E-state index contributed by atoms with van der Waals surface area (Å²) in [5.74, 6) is 0.751. The van der Waals surface area contributed by atoms with Gasteiger partial charge in [0.05, 0.1) is 12.1 Å². The fourth-order valence-corrected chi connectivity index (χ4v) is 2.50. The van der Waals surface area contributed by atoms with Crippen molar-refractivity contribution in [3.63, 3.8) is 0 Å². The Morgan fingerprint density at radius 2 is 1.77 bits per heavy atom. The second-order valence-electron chi connectivity index (χ2n) is 5.44. The van der Waals surface area contributed by atoms with Crippen LogP contribution in [0.4, 0.5) is 0 Å². The Balaban J connectivity index is 2.02. The van der Waals surface area contributed by atoms with Gasteiger partial charge in [-0.15, -0.1) is 0 Å². The van der Waals surface area contributed by atoms with Gasteiger partial charge in [0, 0.05) is 10.0 Å². The van der Waals surface area contributed by atoms with E-state index in [1.165, 1.54) is 0 Å². The van der Waals surface area contributed by atoms with Crippen LogP contribution in [-0.4, -0.2) is 12.0 Å². The minimum atomic E-state index is -0.0868. The van der Waals surface area contributed by atoms with Gasteiger partial charge in [-0.2, -0.15) is 0 Å². The summed E-state index contributed by atoms with van der Waals surface area (Å²) in [5.41, 5.74) is 1.68. The molecule has 0 aliphatic rings. The average molecular weight is 362 g/mol. The van der Waals surface area contributed by atoms with E-state index in [9.17, 15) is 4.79 Å². The Morgan fingerprint density at radius 1 is 1.09 bits per heavy atom. The fraction of sp³-hybridized carbons (Fsp3) is 0.278. The summed E-state index contributed by atoms with van der Waals surface area (Å²) in [4.78, 5) is 12.2. The van der Waals surface area contributed by atoms with Crippen molar-refractivity contribution in [3.05, 3.63) is 64.1 Å². The molecule has 1 atom stereocenters. The second kappa shape index (κ2) is 7.45. The highest BCUT2D eigenvalue weighted by Gasteiger charge is 2.12. The van der Waals surface area contributed by atoms with Crippen molar-refractivity contribution in [2.75, 3.05) is 0 Å². The Hall–Kier alpha value is -1.81. The molecule has 3 nitrogen and oxygen atoms in total. The highest BCUT2D eigenvalue weighted by molar-refractivity contribution is 9.10. The number of halogens is 1. The highest BCUT2D eigenvalue weighted by atomic mass is 79.9. The van der Waals surface area contributed by atoms with E-state index in [1.54, 1.807) is 6.07 Å². The minimum absolute atomic E-state index is 0.0698. The van der Waals surface area contributed by atoms with E-state index < -0.39 is 0 Å². The van der Waals surface area contributed by atoms with Crippen molar-refractivity contribution in [2.24, 2.45) is 0 Å². The van der Waals surface area contributed by atoms with Gasteiger partial charge in [-0.25, -0.2) is 0 Å². The van der Waals surface area contributed by atoms with Gasteiger partial charge in [0.2, 0.25) is 0 Å². The summed E-state index contributed by atoms with van der Waals surface area (Å²) in [6, 6.07) is 15.1. The predicted octanol–water partition coefficient (Wildman–Crippen LogP) is 4.73. The number of carbonyl (C=O) groups is 1. The lowest BCUT2D eigenvalue weighted by Gasteiger charge is -2.16. The van der Waals surface area contributed by atoms with Crippen molar-refractivity contribution in [2.45, 2.75) is 32.9 Å². The van der Waals surface area contributed by atoms with Gasteiger partial charge >= 0.3 is 0 Å². The maximum absolute atomic E-state index is 12.2. The third-order valence-corrected chi connectivity index (χ3v) is 3.68. The average Bonchev–Trinajstić information content (AvgIpc) is 2.47. The van der Waals surface area contributed by atoms with Crippen molar-refractivity contribution >= 4 is 21.8 Å². The van der Waals surface area contributed by atoms with Crippen molar-refractivity contribution < 1.29 is 9.53 Å². The summed E-state index contributed by atoms with van der Waals surface area (Å²) in [5, 5.41) is 3.00. The summed E-state index contributed by atoms with van der Waals surface area (Å²) >= 11 is 3.38. The number of benzene rings is 2. The standard InChI is InChI=1S/C18H20BrNO2/c1-12(2)22-17-9-7-14(8-10-17)13(3)20-18(21)15-5-4-6-16(19)11-15/h4-13H,1-3H3,(H,20,21). The van der Waals surface area contributed by atoms with Crippen LogP contribution in [0.5, 0.6) is 5.75 Å². The summed E-state index contributed by atoms with van der Waals surface area (Å²) < 4.78 is 6.51. The lowest BCUT2D eigenvalue weighted by atomic mass is 10.1. The van der Waals surface area contributed by atoms with Crippen LogP contribution >= 0.6 is 15.9 Å². The third kappa shape index (κ3) is 4.60. The zero-order chi connectivity index (χ0) is 16.1. The predicted molar refractivity (Wildman–Crippen MR) is 92.2 cm³/mol. The van der Waals surface area contributed by atoms with Crippen LogP contribution in [0.3, 0.4) is 0 Å². The first-order valence-electron chi connectivity index (χ1n) is 7.29. The molecule has 0 aliphatic carbocycles. The van der Waals surface area contributed by atoms with E-state index in [1.807, 2.05) is 63.2 Å². The molecule has 2 rings (SSSR count). The quantitative estimate of drug-likeness (QED) is 0.835. The molecule has 22 heavy (non-hydrogen) atoms. The molecule has 1 unspecified atom stereocenters. The summed E-state index contributed by atoms with van der Waals surface area (Å²) in [7, 11) is 0. The van der Waals surface area contributed by atoms with E-state index in [2.05, 4.69) is 21.2 Å². The molecule has 0 aromatic heterocycles. The number of hydrogen-bond acceptors (Lipinski definition) is 2. The third-order valence-electron chi connectivity index (χ3n) is 3.19. The van der Waals surface area contributed by atoms with Gasteiger partial charge in [-0.3, -0.25) is 4.79 Å². The lowest BCUT2D eigenvalue weighted by Crippen LogP contribution is -2.26. The zero-order valence-corrected chi connectivity index (χ0v) is 14.6. The molecule has 4 heteroatoms. The van der Waals surface area contributed by atoms with Crippen LogP contribution in [-0.2, 0) is 0 Å². The van der Waals surface area contributed by atoms with E-state index in [0.717, 1.165) is 15.8 Å². The molecule has 0 spiro atoms. The molecule has 0 radical (unpaired) electrons. The maximum Gasteiger partial charge on any atom is 0.251 e. The molecule has 0 aliphatic heterocycles. The van der Waals surface area contributed by atoms with Gasteiger partial charge in [0.15, 0.2) is 0 Å². The van der Waals surface area contributed by atoms with Gasteiger partial charge < -0.3 is 10.1 Å². The number of carbonyl (C=O) groups excluding carboxylic acids is 1. The Labute approximate surface area is 139 Å². The van der Waals surface area contributed by atoms with Crippen molar-refractivity contribution in [3.8, 4) is 5.75 Å². The highest BCUT2D eigenvalue weighted by Crippen LogP contribution is 2.19. The summed E-state index contributed by atoms with van der Waals surface area (Å²) in [6.45, 7) is 5.96. The number of hydrogen-bond donors (Lipinski definition) is 1. The van der Waals surface area contributed by atoms with Gasteiger partial charge in [-0.1, -0.05) is 34.1 Å². The summed E-state index contributed by atoms with van der Waals surface area (Å²) in [6.07, 6.45) is 0.152. The molecule has 0 saturated heterocycles. The SMILES string of the molecule is CC(C)Oc1ccc(C(C)NC(=O)c2cccc(Br)c2)cc1. The molecule has 2 aromatic carbocycles. The first kappa shape index (κ1) is 16.6. The number of ether oxygens (including phenoxy) is 1. The van der Waals surface area contributed by atoms with Crippen LogP contribution in [0.15, 0.2) is 53.0 Å². The smallest absolute Gasteiger partial charge is 0.251 e. The first-order chi connectivity index (χ1) is 10.5. The first-order valence-corrected chi connectivity index (χ1v) is 8.08.